The van der Waals surface area contributed by atoms with Crippen LogP contribution in [0.1, 0.15) is 23.2 Å². The van der Waals surface area contributed by atoms with Crippen LogP contribution in [0.4, 0.5) is 17.1 Å². The molecule has 0 bridgehead atoms. The van der Waals surface area contributed by atoms with Crippen LogP contribution in [-0.2, 0) is 9.53 Å². The summed E-state index contributed by atoms with van der Waals surface area (Å²) in [6, 6.07) is 13.5. The molecule has 0 heterocycles. The quantitative estimate of drug-likeness (QED) is 0.420. The summed E-state index contributed by atoms with van der Waals surface area (Å²) in [6.45, 7) is 0. The fourth-order valence-electron chi connectivity index (χ4n) is 2.54. The van der Waals surface area contributed by atoms with Crippen molar-refractivity contribution in [1.82, 2.24) is 5.32 Å². The first-order valence-corrected chi connectivity index (χ1v) is 9.06. The lowest BCUT2D eigenvalue weighted by Gasteiger charge is -2.16. The van der Waals surface area contributed by atoms with Gasteiger partial charge in [0.05, 0.1) is 24.0 Å². The Kier molecular flexibility index (Phi) is 7.92. The number of nitrogens with one attached hydrogen (secondary N) is 1. The molecule has 0 spiro atoms. The van der Waals surface area contributed by atoms with Gasteiger partial charge < -0.3 is 15.0 Å². The van der Waals surface area contributed by atoms with Gasteiger partial charge >= 0.3 is 5.97 Å². The number of hydrogen-bond donors (Lipinski definition) is 1. The van der Waals surface area contributed by atoms with Crippen molar-refractivity contribution in [1.29, 1.82) is 0 Å². The Labute approximate surface area is 170 Å². The molecule has 0 saturated carbocycles. The number of rotatable bonds is 8. The predicted molar refractivity (Wildman–Crippen MR) is 113 cm³/mol. The van der Waals surface area contributed by atoms with Crippen LogP contribution in [0.25, 0.3) is 0 Å². The number of hydrogen-bond acceptors (Lipinski definition) is 6. The van der Waals surface area contributed by atoms with Crippen molar-refractivity contribution in [2.75, 3.05) is 26.1 Å². The summed E-state index contributed by atoms with van der Waals surface area (Å²) < 4.78 is 4.74. The van der Waals surface area contributed by atoms with E-state index in [2.05, 4.69) is 21.5 Å². The average Bonchev–Trinajstić information content (AvgIpc) is 2.74. The number of nitrogens with zero attached hydrogens (tertiary/aromatic N) is 3. The topological polar surface area (TPSA) is 83.4 Å². The van der Waals surface area contributed by atoms with E-state index in [-0.39, 0.29) is 6.42 Å². The Bertz CT molecular complexity index is 914. The van der Waals surface area contributed by atoms with E-state index in [0.29, 0.717) is 23.4 Å². The van der Waals surface area contributed by atoms with Crippen molar-refractivity contribution in [3.63, 3.8) is 0 Å². The van der Waals surface area contributed by atoms with Gasteiger partial charge in [-0.05, 0) is 42.8 Å². The second kappa shape index (κ2) is 10.6. The van der Waals surface area contributed by atoms with E-state index in [1.54, 1.807) is 24.3 Å². The van der Waals surface area contributed by atoms with Crippen LogP contribution in [0.15, 0.2) is 58.8 Å². The van der Waals surface area contributed by atoms with E-state index in [0.717, 1.165) is 5.69 Å². The van der Waals surface area contributed by atoms with Gasteiger partial charge in [-0.1, -0.05) is 12.1 Å². The lowest BCUT2D eigenvalue weighted by Crippen LogP contribution is -2.41. The van der Waals surface area contributed by atoms with Gasteiger partial charge in [0.2, 0.25) is 0 Å². The molecular weight excluding hydrogens is 368 g/mol. The Balaban J connectivity index is 2.19. The molecule has 1 N–H and O–H groups in total. The second-order valence-electron chi connectivity index (χ2n) is 6.42. The summed E-state index contributed by atoms with van der Waals surface area (Å²) in [5.41, 5.74) is 2.40. The van der Waals surface area contributed by atoms with Gasteiger partial charge in [-0.3, -0.25) is 4.79 Å². The van der Waals surface area contributed by atoms with Gasteiger partial charge in [0, 0.05) is 26.2 Å². The maximum Gasteiger partial charge on any atom is 0.328 e. The monoisotopic (exact) mass is 392 g/mol. The minimum absolute atomic E-state index is 0.289. The minimum Gasteiger partial charge on any atom is -0.467 e. The molecule has 0 aliphatic heterocycles. The predicted octanol–water partition coefficient (Wildman–Crippen LogP) is 3.85. The first kappa shape index (κ1) is 21.6. The molecule has 0 radical (unpaired) electrons. The van der Waals surface area contributed by atoms with Crippen LogP contribution in [0.3, 0.4) is 0 Å². The van der Waals surface area contributed by atoms with Crippen LogP contribution < -0.4 is 10.2 Å². The zero-order valence-electron chi connectivity index (χ0n) is 16.8. The van der Waals surface area contributed by atoms with Gasteiger partial charge in [0.1, 0.15) is 6.04 Å². The average molecular weight is 392 g/mol. The number of methoxy groups -OCH3 is 1. The van der Waals surface area contributed by atoms with E-state index < -0.39 is 17.9 Å². The number of carbonyl (C=O) groups excluding carboxylic acids is 2. The minimum atomic E-state index is -0.827. The van der Waals surface area contributed by atoms with Gasteiger partial charge in [-0.2, -0.15) is 5.11 Å². The number of azo groups is 1. The third-order valence-corrected chi connectivity index (χ3v) is 4.16. The largest absolute Gasteiger partial charge is 0.467 e. The normalized spacial score (nSPS) is 11.5. The van der Waals surface area contributed by atoms with E-state index in [1.807, 2.05) is 43.3 Å². The fourth-order valence-corrected chi connectivity index (χ4v) is 2.54. The fraction of sp³-hybridized carbons (Fsp3) is 0.273. The summed E-state index contributed by atoms with van der Waals surface area (Å²) >= 11 is 0. The molecule has 29 heavy (non-hydrogen) atoms. The zero-order chi connectivity index (χ0) is 21.2. The second-order valence-corrected chi connectivity index (χ2v) is 6.42. The highest BCUT2D eigenvalue weighted by molar-refractivity contribution is 6.00. The summed E-state index contributed by atoms with van der Waals surface area (Å²) in [7, 11) is 5.17. The lowest BCUT2D eigenvalue weighted by atomic mass is 10.1. The van der Waals surface area contributed by atoms with Crippen LogP contribution in [-0.4, -0.2) is 39.1 Å². The van der Waals surface area contributed by atoms with Gasteiger partial charge in [-0.15, -0.1) is 17.5 Å². The van der Waals surface area contributed by atoms with Crippen LogP contribution in [0.2, 0.25) is 0 Å². The Morgan fingerprint density at radius 1 is 1.14 bits per heavy atom. The number of esters is 1. The summed E-state index contributed by atoms with van der Waals surface area (Å²) in [5, 5.41) is 11.1. The third kappa shape index (κ3) is 6.18. The van der Waals surface area contributed by atoms with Crippen LogP contribution >= 0.6 is 0 Å². The Hall–Kier alpha value is -3.66. The van der Waals surface area contributed by atoms with E-state index in [4.69, 9.17) is 11.2 Å². The molecule has 0 fully saturated rings. The summed E-state index contributed by atoms with van der Waals surface area (Å²) in [6.07, 6.45) is 5.89. The molecule has 150 valence electrons. The third-order valence-electron chi connectivity index (χ3n) is 4.16. The molecular formula is C22H24N4O3. The molecule has 0 aromatic heterocycles. The number of carbonyl (C=O) groups is 2. The first-order valence-electron chi connectivity index (χ1n) is 9.06. The molecule has 0 aliphatic carbocycles. The number of ether oxygens (including phenoxy) is 1. The lowest BCUT2D eigenvalue weighted by molar-refractivity contribution is -0.143. The van der Waals surface area contributed by atoms with Crippen LogP contribution in [0, 0.1) is 12.3 Å². The van der Waals surface area contributed by atoms with Crippen molar-refractivity contribution >= 4 is 28.9 Å². The van der Waals surface area contributed by atoms with Crippen LogP contribution in [0.5, 0.6) is 0 Å². The molecule has 2 aromatic rings. The van der Waals surface area contributed by atoms with E-state index in [1.165, 1.54) is 7.11 Å². The Morgan fingerprint density at radius 3 is 2.45 bits per heavy atom. The molecule has 1 atom stereocenters. The molecule has 0 unspecified atom stereocenters. The highest BCUT2D eigenvalue weighted by Crippen LogP contribution is 2.24. The zero-order valence-corrected chi connectivity index (χ0v) is 16.8. The van der Waals surface area contributed by atoms with Crippen molar-refractivity contribution in [3.05, 3.63) is 54.1 Å². The molecule has 1 amide bonds. The summed E-state index contributed by atoms with van der Waals surface area (Å²) in [5.74, 6) is 1.46. The van der Waals surface area contributed by atoms with Gasteiger partial charge in [0.25, 0.3) is 5.91 Å². The van der Waals surface area contributed by atoms with Crippen molar-refractivity contribution in [2.45, 2.75) is 18.9 Å². The standard InChI is InChI=1S/C22H24N4O3/c1-5-6-10-20(22(28)29-4)23-21(27)18-9-7-8-11-19(18)25-24-16-12-14-17(15-13-16)26(2)3/h1,7-9,11-15,20H,6,10H2,2-4H3,(H,23,27)/t20-/m0/s1. The molecule has 2 rings (SSSR count). The highest BCUT2D eigenvalue weighted by atomic mass is 16.5. The first-order chi connectivity index (χ1) is 14.0. The molecule has 0 aliphatic rings. The van der Waals surface area contributed by atoms with E-state index in [9.17, 15) is 9.59 Å². The SMILES string of the molecule is C#CCC[C@H](NC(=O)c1ccccc1N=Nc1ccc(N(C)C)cc1)C(=O)OC. The van der Waals surface area contributed by atoms with Gasteiger partial charge in [0.15, 0.2) is 0 Å². The maximum absolute atomic E-state index is 12.7. The molecule has 2 aromatic carbocycles. The number of anilines is 1. The number of benzene rings is 2. The number of terminal acetylenes is 1. The molecule has 7 nitrogen and oxygen atoms in total. The van der Waals surface area contributed by atoms with E-state index >= 15 is 0 Å². The summed E-state index contributed by atoms with van der Waals surface area (Å²) in [4.78, 5) is 26.6. The van der Waals surface area contributed by atoms with Crippen molar-refractivity contribution in [2.24, 2.45) is 10.2 Å². The smallest absolute Gasteiger partial charge is 0.328 e. The van der Waals surface area contributed by atoms with Crippen molar-refractivity contribution < 1.29 is 14.3 Å². The molecule has 7 heteroatoms. The maximum atomic E-state index is 12.7. The van der Waals surface area contributed by atoms with Gasteiger partial charge in [-0.25, -0.2) is 4.79 Å². The number of amides is 1. The van der Waals surface area contributed by atoms with Crippen molar-refractivity contribution in [3.8, 4) is 12.3 Å². The highest BCUT2D eigenvalue weighted by Gasteiger charge is 2.22. The molecule has 0 saturated heterocycles. The Morgan fingerprint density at radius 2 is 1.83 bits per heavy atom.